The van der Waals surface area contributed by atoms with Crippen LogP contribution in [0.15, 0.2) is 35.7 Å². The van der Waals surface area contributed by atoms with Crippen LogP contribution in [0.5, 0.6) is 0 Å². The maximum absolute atomic E-state index is 13.1. The molecule has 3 rings (SSSR count). The molecule has 1 aliphatic heterocycles. The van der Waals surface area contributed by atoms with E-state index in [1.165, 1.54) is 6.07 Å². The zero-order valence-electron chi connectivity index (χ0n) is 12.6. The average molecular weight is 397 g/mol. The highest BCUT2D eigenvalue weighted by molar-refractivity contribution is 7.10. The first-order valence-corrected chi connectivity index (χ1v) is 8.57. The van der Waals surface area contributed by atoms with E-state index in [9.17, 15) is 13.2 Å². The highest BCUT2D eigenvalue weighted by Crippen LogP contribution is 2.37. The van der Waals surface area contributed by atoms with Crippen molar-refractivity contribution in [2.24, 2.45) is 0 Å². The zero-order valence-corrected chi connectivity index (χ0v) is 15.0. The molecule has 8 heteroatoms. The Morgan fingerprint density at radius 1 is 1.17 bits per heavy atom. The molecule has 1 N–H and O–H groups in total. The smallest absolute Gasteiger partial charge is 0.314 e. The minimum absolute atomic E-state index is 0. The quantitative estimate of drug-likeness (QED) is 0.798. The summed E-state index contributed by atoms with van der Waals surface area (Å²) < 4.78 is 39.3. The Bertz CT molecular complexity index is 656. The highest BCUT2D eigenvalue weighted by Gasteiger charge is 2.33. The minimum Gasteiger partial charge on any atom is -0.314 e. The van der Waals surface area contributed by atoms with Crippen molar-refractivity contribution < 1.29 is 13.2 Å². The standard InChI is InChI=1S/C16H16ClF3N2S.ClH/c17-13-9-11(8-12(10-13)16(18,19)20)15(14-2-1-7-23-14)22-5-3-21-4-6-22;/h1-2,7-10,15,21H,3-6H2;1H/t15-;/m0./s1. The van der Waals surface area contributed by atoms with E-state index in [1.807, 2.05) is 17.5 Å². The highest BCUT2D eigenvalue weighted by atomic mass is 35.5. The lowest BCUT2D eigenvalue weighted by Gasteiger charge is -2.35. The number of thiophene rings is 1. The molecule has 0 unspecified atom stereocenters. The van der Waals surface area contributed by atoms with Crippen LogP contribution in [0.25, 0.3) is 0 Å². The number of hydrogen-bond acceptors (Lipinski definition) is 3. The molecule has 1 aliphatic rings. The number of rotatable bonds is 3. The third kappa shape index (κ3) is 4.43. The first-order valence-electron chi connectivity index (χ1n) is 7.31. The van der Waals surface area contributed by atoms with Crippen molar-refractivity contribution in [3.63, 3.8) is 0 Å². The number of alkyl halides is 3. The molecule has 0 saturated carbocycles. The molecule has 0 bridgehead atoms. The van der Waals surface area contributed by atoms with Gasteiger partial charge in [0.1, 0.15) is 0 Å². The van der Waals surface area contributed by atoms with Crippen molar-refractivity contribution in [2.75, 3.05) is 26.2 Å². The molecule has 1 fully saturated rings. The number of nitrogens with one attached hydrogen (secondary N) is 1. The van der Waals surface area contributed by atoms with Gasteiger partial charge in [-0.1, -0.05) is 17.7 Å². The summed E-state index contributed by atoms with van der Waals surface area (Å²) in [6, 6.07) is 7.53. The Hall–Kier alpha value is -0.790. The second-order valence-corrected chi connectivity index (χ2v) is 6.89. The van der Waals surface area contributed by atoms with Crippen LogP contribution in [0, 0.1) is 0 Å². The first-order chi connectivity index (χ1) is 10.9. The monoisotopic (exact) mass is 396 g/mol. The van der Waals surface area contributed by atoms with Gasteiger partial charge in [0.05, 0.1) is 11.6 Å². The Morgan fingerprint density at radius 2 is 1.88 bits per heavy atom. The van der Waals surface area contributed by atoms with Gasteiger partial charge in [-0.2, -0.15) is 13.2 Å². The largest absolute Gasteiger partial charge is 0.416 e. The summed E-state index contributed by atoms with van der Waals surface area (Å²) in [5.41, 5.74) is -0.106. The second-order valence-electron chi connectivity index (χ2n) is 5.47. The third-order valence-electron chi connectivity index (χ3n) is 3.89. The number of benzene rings is 1. The summed E-state index contributed by atoms with van der Waals surface area (Å²) >= 11 is 7.53. The normalized spacial score (nSPS) is 17.3. The molecule has 2 nitrogen and oxygen atoms in total. The van der Waals surface area contributed by atoms with Gasteiger partial charge in [0.25, 0.3) is 0 Å². The average Bonchev–Trinajstić information content (AvgIpc) is 3.01. The Morgan fingerprint density at radius 3 is 2.46 bits per heavy atom. The van der Waals surface area contributed by atoms with Crippen LogP contribution in [0.2, 0.25) is 5.02 Å². The van der Waals surface area contributed by atoms with Crippen molar-refractivity contribution >= 4 is 35.3 Å². The molecule has 0 amide bonds. The van der Waals surface area contributed by atoms with Gasteiger partial charge in [-0.25, -0.2) is 0 Å². The van der Waals surface area contributed by atoms with Gasteiger partial charge in [-0.05, 0) is 35.2 Å². The van der Waals surface area contributed by atoms with E-state index in [1.54, 1.807) is 17.4 Å². The lowest BCUT2D eigenvalue weighted by Crippen LogP contribution is -2.45. The number of nitrogens with zero attached hydrogens (tertiary/aromatic N) is 1. The number of halogens is 5. The van der Waals surface area contributed by atoms with E-state index in [4.69, 9.17) is 11.6 Å². The SMILES string of the molecule is Cl.FC(F)(F)c1cc(Cl)cc([C@@H](c2cccs2)N2CCNCC2)c1. The summed E-state index contributed by atoms with van der Waals surface area (Å²) in [4.78, 5) is 3.23. The first kappa shape index (κ1) is 19.5. The Balaban J connectivity index is 0.00000208. The summed E-state index contributed by atoms with van der Waals surface area (Å²) in [6.07, 6.45) is -4.40. The maximum atomic E-state index is 13.1. The molecule has 1 aromatic heterocycles. The molecular formula is C16H17Cl2F3N2S. The number of hydrogen-bond donors (Lipinski definition) is 1. The van der Waals surface area contributed by atoms with Crippen molar-refractivity contribution in [1.29, 1.82) is 0 Å². The molecule has 24 heavy (non-hydrogen) atoms. The van der Waals surface area contributed by atoms with Gasteiger partial charge < -0.3 is 5.32 Å². The molecule has 0 aliphatic carbocycles. The lowest BCUT2D eigenvalue weighted by atomic mass is 10.00. The van der Waals surface area contributed by atoms with E-state index >= 15 is 0 Å². The van der Waals surface area contributed by atoms with E-state index in [-0.39, 0.29) is 23.5 Å². The Kier molecular flexibility index (Phi) is 6.56. The molecular weight excluding hydrogens is 380 g/mol. The van der Waals surface area contributed by atoms with E-state index in [0.29, 0.717) is 5.56 Å². The molecule has 1 aromatic carbocycles. The van der Waals surface area contributed by atoms with E-state index in [0.717, 1.165) is 37.1 Å². The van der Waals surface area contributed by atoms with Crippen LogP contribution in [0.3, 0.4) is 0 Å². The van der Waals surface area contributed by atoms with Gasteiger partial charge in [0, 0.05) is 36.1 Å². The predicted molar refractivity (Wildman–Crippen MR) is 94.3 cm³/mol. The van der Waals surface area contributed by atoms with Crippen molar-refractivity contribution in [2.45, 2.75) is 12.2 Å². The fourth-order valence-corrected chi connectivity index (χ4v) is 4.01. The molecule has 1 atom stereocenters. The van der Waals surface area contributed by atoms with E-state index in [2.05, 4.69) is 10.2 Å². The van der Waals surface area contributed by atoms with Crippen LogP contribution in [0.4, 0.5) is 13.2 Å². The van der Waals surface area contributed by atoms with Crippen LogP contribution in [-0.4, -0.2) is 31.1 Å². The molecule has 0 spiro atoms. The topological polar surface area (TPSA) is 15.3 Å². The summed E-state index contributed by atoms with van der Waals surface area (Å²) in [6.45, 7) is 3.23. The van der Waals surface area contributed by atoms with Gasteiger partial charge in [-0.3, -0.25) is 4.90 Å². The summed E-state index contributed by atoms with van der Waals surface area (Å²) in [5, 5.41) is 5.33. The second kappa shape index (κ2) is 8.06. The molecule has 132 valence electrons. The van der Waals surface area contributed by atoms with Crippen LogP contribution < -0.4 is 5.32 Å². The van der Waals surface area contributed by atoms with Gasteiger partial charge in [-0.15, -0.1) is 23.7 Å². The molecule has 2 aromatic rings. The van der Waals surface area contributed by atoms with Crippen LogP contribution in [0.1, 0.15) is 22.0 Å². The Labute approximate surface area is 154 Å². The van der Waals surface area contributed by atoms with E-state index < -0.39 is 11.7 Å². The predicted octanol–water partition coefficient (Wildman–Crippen LogP) is 4.84. The minimum atomic E-state index is -4.40. The van der Waals surface area contributed by atoms with Crippen molar-refractivity contribution in [1.82, 2.24) is 10.2 Å². The zero-order chi connectivity index (χ0) is 16.4. The fourth-order valence-electron chi connectivity index (χ4n) is 2.88. The third-order valence-corrected chi connectivity index (χ3v) is 5.04. The molecule has 2 heterocycles. The summed E-state index contributed by atoms with van der Waals surface area (Å²) in [7, 11) is 0. The summed E-state index contributed by atoms with van der Waals surface area (Å²) in [5.74, 6) is 0. The number of piperazine rings is 1. The lowest BCUT2D eigenvalue weighted by molar-refractivity contribution is -0.137. The van der Waals surface area contributed by atoms with Gasteiger partial charge in [0.2, 0.25) is 0 Å². The van der Waals surface area contributed by atoms with Crippen molar-refractivity contribution in [3.05, 3.63) is 56.7 Å². The van der Waals surface area contributed by atoms with Crippen LogP contribution in [-0.2, 0) is 6.18 Å². The van der Waals surface area contributed by atoms with Gasteiger partial charge >= 0.3 is 6.18 Å². The van der Waals surface area contributed by atoms with Crippen LogP contribution >= 0.6 is 35.3 Å². The molecule has 1 saturated heterocycles. The van der Waals surface area contributed by atoms with Crippen molar-refractivity contribution in [3.8, 4) is 0 Å². The van der Waals surface area contributed by atoms with Gasteiger partial charge in [0.15, 0.2) is 0 Å². The fraction of sp³-hybridized carbons (Fsp3) is 0.375. The molecule has 0 radical (unpaired) electrons. The maximum Gasteiger partial charge on any atom is 0.416 e.